The minimum absolute atomic E-state index is 0.00802. The zero-order chi connectivity index (χ0) is 25.0. The molecule has 2 amide bonds. The Morgan fingerprint density at radius 1 is 0.865 bits per heavy atom. The molecule has 0 saturated heterocycles. The molecule has 5 aliphatic carbocycles. The Hall–Kier alpha value is -3.15. The average Bonchev–Trinajstić information content (AvgIpc) is 3.32. The maximum Gasteiger partial charge on any atom is 0.251 e. The molecule has 6 heteroatoms. The van der Waals surface area contributed by atoms with Crippen molar-refractivity contribution in [2.75, 3.05) is 5.32 Å². The van der Waals surface area contributed by atoms with Crippen LogP contribution in [-0.2, 0) is 4.79 Å². The molecule has 5 saturated carbocycles. The molecule has 5 fully saturated rings. The molecule has 3 aromatic rings. The topological polar surface area (TPSA) is 86.9 Å². The minimum Gasteiger partial charge on any atom is -0.347 e. The van der Waals surface area contributed by atoms with Gasteiger partial charge in [0.1, 0.15) is 5.82 Å². The number of hydrogen-bond acceptors (Lipinski definition) is 3. The molecule has 1 heterocycles. The summed E-state index contributed by atoms with van der Waals surface area (Å²) in [5.41, 5.74) is 4.18. The fourth-order valence-electron chi connectivity index (χ4n) is 8.18. The van der Waals surface area contributed by atoms with Gasteiger partial charge in [0.25, 0.3) is 5.91 Å². The number of benzene rings is 2. The van der Waals surface area contributed by atoms with Gasteiger partial charge in [0.05, 0.1) is 11.0 Å². The molecule has 0 spiro atoms. The standard InChI is InChI=1S/C31H36N4O2/c36-29(23-4-2-1-3-5-23)32-25-9-6-22(7-10-25)28-33-26-11-8-24(15-27(26)34-28)30(37)35-31-16-19-12-20(17-31)14-21(13-19)18-31/h6-11,15,19-21,23H,1-5,12-14,16-18H2,(H,32,36)(H,33,34)(H,35,37). The molecule has 192 valence electrons. The number of anilines is 1. The van der Waals surface area contributed by atoms with Crippen LogP contribution in [0.15, 0.2) is 42.5 Å². The van der Waals surface area contributed by atoms with Gasteiger partial charge >= 0.3 is 0 Å². The summed E-state index contributed by atoms with van der Waals surface area (Å²) < 4.78 is 0. The van der Waals surface area contributed by atoms with Crippen LogP contribution in [0.3, 0.4) is 0 Å². The summed E-state index contributed by atoms with van der Waals surface area (Å²) in [6, 6.07) is 13.6. The van der Waals surface area contributed by atoms with Gasteiger partial charge in [0.15, 0.2) is 0 Å². The first kappa shape index (κ1) is 23.0. The number of H-pyrrole nitrogens is 1. The third-order valence-electron chi connectivity index (χ3n) is 9.56. The normalized spacial score (nSPS) is 28.9. The Labute approximate surface area is 218 Å². The summed E-state index contributed by atoms with van der Waals surface area (Å²) in [6.07, 6.45) is 13.1. The molecule has 6 nitrogen and oxygen atoms in total. The van der Waals surface area contributed by atoms with Gasteiger partial charge in [-0.25, -0.2) is 4.98 Å². The molecule has 2 aromatic carbocycles. The first-order valence-electron chi connectivity index (χ1n) is 14.3. The van der Waals surface area contributed by atoms with Gasteiger partial charge in [-0.2, -0.15) is 0 Å². The third-order valence-corrected chi connectivity index (χ3v) is 9.56. The van der Waals surface area contributed by atoms with Crippen molar-refractivity contribution in [1.82, 2.24) is 15.3 Å². The van der Waals surface area contributed by atoms with Gasteiger partial charge in [-0.15, -0.1) is 0 Å². The highest BCUT2D eigenvalue weighted by atomic mass is 16.2. The lowest BCUT2D eigenvalue weighted by atomic mass is 9.53. The largest absolute Gasteiger partial charge is 0.347 e. The second-order valence-corrected chi connectivity index (χ2v) is 12.4. The van der Waals surface area contributed by atoms with E-state index >= 15 is 0 Å². The first-order valence-corrected chi connectivity index (χ1v) is 14.3. The SMILES string of the molecule is O=C(NC12CC3CC(CC(C3)C1)C2)c1ccc2nc(-c3ccc(NC(=O)C4CCCCC4)cc3)[nH]c2c1. The van der Waals surface area contributed by atoms with Crippen molar-refractivity contribution in [2.24, 2.45) is 23.7 Å². The number of imidazole rings is 1. The van der Waals surface area contributed by atoms with Crippen LogP contribution in [0.25, 0.3) is 22.4 Å². The summed E-state index contributed by atoms with van der Waals surface area (Å²) in [7, 11) is 0. The Balaban J connectivity index is 1.05. The number of nitrogens with zero attached hydrogens (tertiary/aromatic N) is 1. The van der Waals surface area contributed by atoms with Crippen LogP contribution in [0, 0.1) is 23.7 Å². The highest BCUT2D eigenvalue weighted by Gasteiger charge is 2.51. The quantitative estimate of drug-likeness (QED) is 0.379. The number of hydrogen-bond donors (Lipinski definition) is 3. The molecular formula is C31H36N4O2. The Bertz CT molecular complexity index is 1300. The third kappa shape index (κ3) is 4.45. The van der Waals surface area contributed by atoms with Gasteiger partial charge in [0.2, 0.25) is 5.91 Å². The molecule has 1 aromatic heterocycles. The summed E-state index contributed by atoms with van der Waals surface area (Å²) in [5, 5.41) is 6.56. The van der Waals surface area contributed by atoms with E-state index in [1.807, 2.05) is 42.5 Å². The highest BCUT2D eigenvalue weighted by Crippen LogP contribution is 2.55. The van der Waals surface area contributed by atoms with Crippen LogP contribution < -0.4 is 10.6 Å². The number of aromatic nitrogens is 2. The second kappa shape index (κ2) is 9.00. The number of nitrogens with one attached hydrogen (secondary N) is 3. The van der Waals surface area contributed by atoms with E-state index in [9.17, 15) is 9.59 Å². The Morgan fingerprint density at radius 2 is 1.54 bits per heavy atom. The molecule has 8 rings (SSSR count). The van der Waals surface area contributed by atoms with Crippen molar-refractivity contribution in [3.05, 3.63) is 48.0 Å². The van der Waals surface area contributed by atoms with Crippen LogP contribution in [0.5, 0.6) is 0 Å². The molecule has 0 unspecified atom stereocenters. The summed E-state index contributed by atoms with van der Waals surface area (Å²) in [5.74, 6) is 3.48. The molecule has 5 aliphatic rings. The van der Waals surface area contributed by atoms with E-state index in [1.54, 1.807) is 0 Å². The van der Waals surface area contributed by atoms with Gasteiger partial charge in [0, 0.05) is 28.3 Å². The van der Waals surface area contributed by atoms with E-state index in [4.69, 9.17) is 4.98 Å². The van der Waals surface area contributed by atoms with Gasteiger partial charge in [-0.05, 0) is 112 Å². The lowest BCUT2D eigenvalue weighted by Crippen LogP contribution is -2.59. The van der Waals surface area contributed by atoms with Gasteiger partial charge in [-0.3, -0.25) is 9.59 Å². The molecule has 0 atom stereocenters. The van der Waals surface area contributed by atoms with Crippen LogP contribution in [0.1, 0.15) is 81.0 Å². The highest BCUT2D eigenvalue weighted by molar-refractivity contribution is 5.98. The summed E-state index contributed by atoms with van der Waals surface area (Å²) in [6.45, 7) is 0. The molecule has 0 aliphatic heterocycles. The number of amides is 2. The second-order valence-electron chi connectivity index (χ2n) is 12.4. The summed E-state index contributed by atoms with van der Waals surface area (Å²) >= 11 is 0. The van der Waals surface area contributed by atoms with E-state index in [-0.39, 0.29) is 23.3 Å². The van der Waals surface area contributed by atoms with Gasteiger partial charge in [-0.1, -0.05) is 19.3 Å². The number of carbonyl (C=O) groups is 2. The molecule has 37 heavy (non-hydrogen) atoms. The Morgan fingerprint density at radius 3 is 2.22 bits per heavy atom. The van der Waals surface area contributed by atoms with Crippen molar-refractivity contribution in [2.45, 2.75) is 76.2 Å². The smallest absolute Gasteiger partial charge is 0.251 e. The molecule has 4 bridgehead atoms. The number of carbonyl (C=O) groups excluding carboxylic acids is 2. The van der Waals surface area contributed by atoms with Crippen LogP contribution in [0.2, 0.25) is 0 Å². The monoisotopic (exact) mass is 496 g/mol. The van der Waals surface area contributed by atoms with Crippen LogP contribution >= 0.6 is 0 Å². The fourth-order valence-corrected chi connectivity index (χ4v) is 8.18. The number of fused-ring (bicyclic) bond motifs is 1. The van der Waals surface area contributed by atoms with Gasteiger partial charge < -0.3 is 15.6 Å². The zero-order valence-electron chi connectivity index (χ0n) is 21.4. The lowest BCUT2D eigenvalue weighted by molar-refractivity contribution is -0.120. The Kier molecular flexibility index (Phi) is 5.60. The molecule has 3 N–H and O–H groups in total. The average molecular weight is 497 g/mol. The predicted octanol–water partition coefficient (Wildman–Crippen LogP) is 6.45. The van der Waals surface area contributed by atoms with Crippen LogP contribution in [0.4, 0.5) is 5.69 Å². The van der Waals surface area contributed by atoms with Crippen molar-refractivity contribution in [3.8, 4) is 11.4 Å². The molecule has 0 radical (unpaired) electrons. The van der Waals surface area contributed by atoms with E-state index < -0.39 is 0 Å². The van der Waals surface area contributed by atoms with E-state index in [0.717, 1.165) is 90.8 Å². The zero-order valence-corrected chi connectivity index (χ0v) is 21.4. The van der Waals surface area contributed by atoms with Crippen LogP contribution in [-0.4, -0.2) is 27.3 Å². The lowest BCUT2D eigenvalue weighted by Gasteiger charge is -2.56. The first-order chi connectivity index (χ1) is 18.0. The van der Waals surface area contributed by atoms with Crippen molar-refractivity contribution in [1.29, 1.82) is 0 Å². The molecular weight excluding hydrogens is 460 g/mol. The van der Waals surface area contributed by atoms with E-state index in [2.05, 4.69) is 15.6 Å². The van der Waals surface area contributed by atoms with Crippen molar-refractivity contribution < 1.29 is 9.59 Å². The minimum atomic E-state index is 0.00802. The maximum atomic E-state index is 13.3. The van der Waals surface area contributed by atoms with E-state index in [0.29, 0.717) is 5.56 Å². The predicted molar refractivity (Wildman–Crippen MR) is 145 cm³/mol. The maximum absolute atomic E-state index is 13.3. The van der Waals surface area contributed by atoms with Crippen molar-refractivity contribution >= 4 is 28.5 Å². The fraction of sp³-hybridized carbons (Fsp3) is 0.516. The number of rotatable bonds is 5. The van der Waals surface area contributed by atoms with E-state index in [1.165, 1.54) is 25.7 Å². The summed E-state index contributed by atoms with van der Waals surface area (Å²) in [4.78, 5) is 34.0. The van der Waals surface area contributed by atoms with Crippen molar-refractivity contribution in [3.63, 3.8) is 0 Å². The number of aromatic amines is 1.